The zero-order valence-electron chi connectivity index (χ0n) is 12.6. The summed E-state index contributed by atoms with van der Waals surface area (Å²) in [5.41, 5.74) is -1.31. The number of nitrogens with zero attached hydrogens (tertiary/aromatic N) is 1. The van der Waals surface area contributed by atoms with Crippen molar-refractivity contribution in [3.63, 3.8) is 0 Å². The number of benzene rings is 2. The van der Waals surface area contributed by atoms with Gasteiger partial charge in [-0.1, -0.05) is 23.4 Å². The van der Waals surface area contributed by atoms with Crippen molar-refractivity contribution in [1.82, 2.24) is 0 Å². The van der Waals surface area contributed by atoms with Gasteiger partial charge in [0.2, 0.25) is 0 Å². The van der Waals surface area contributed by atoms with Gasteiger partial charge in [0.1, 0.15) is 4.90 Å². The molecule has 0 saturated carbocycles. The van der Waals surface area contributed by atoms with E-state index in [9.17, 15) is 28.4 Å². The first-order valence-electron chi connectivity index (χ1n) is 6.13. The molecule has 0 bridgehead atoms. The van der Waals surface area contributed by atoms with E-state index in [1.165, 1.54) is 0 Å². The number of non-ortho nitro benzene ring substituents is 1. The molecule has 0 aliphatic heterocycles. The fraction of sp³-hybridized carbons (Fsp3) is 0. The van der Waals surface area contributed by atoms with Crippen LogP contribution in [0.3, 0.4) is 0 Å². The first-order valence-corrected chi connectivity index (χ1v) is 7.99. The zero-order valence-corrected chi connectivity index (χ0v) is 17.3. The fourth-order valence-corrected chi connectivity index (χ4v) is 3.35. The van der Waals surface area contributed by atoms with E-state index < -0.39 is 42.8 Å². The molecular weight excluding hydrogens is 403 g/mol. The summed E-state index contributed by atoms with van der Waals surface area (Å²) in [5, 5.41) is 30.7. The van der Waals surface area contributed by atoms with Crippen LogP contribution in [-0.2, 0) is 10.0 Å². The molecular formula is C13H8ClKN2O7S. The predicted octanol–water partition coefficient (Wildman–Crippen LogP) is -1.18. The van der Waals surface area contributed by atoms with Crippen molar-refractivity contribution in [2.45, 2.75) is 4.90 Å². The molecule has 25 heavy (non-hydrogen) atoms. The van der Waals surface area contributed by atoms with Crippen molar-refractivity contribution < 1.29 is 79.7 Å². The van der Waals surface area contributed by atoms with E-state index in [2.05, 4.69) is 0 Å². The quantitative estimate of drug-likeness (QED) is 0.358. The summed E-state index contributed by atoms with van der Waals surface area (Å²) in [4.78, 5) is 20.3. The van der Waals surface area contributed by atoms with E-state index in [0.717, 1.165) is 36.4 Å². The number of aromatic carboxylic acids is 1. The van der Waals surface area contributed by atoms with E-state index in [0.29, 0.717) is 0 Å². The number of nitro benzene ring substituents is 1. The van der Waals surface area contributed by atoms with Gasteiger partial charge in [0.15, 0.2) is 0 Å². The largest absolute Gasteiger partial charge is 1.00 e. The van der Waals surface area contributed by atoms with Gasteiger partial charge in [0, 0.05) is 17.8 Å². The van der Waals surface area contributed by atoms with Crippen LogP contribution in [-0.4, -0.2) is 24.4 Å². The van der Waals surface area contributed by atoms with Gasteiger partial charge >= 0.3 is 57.4 Å². The maximum Gasteiger partial charge on any atom is 1.00 e. The van der Waals surface area contributed by atoms with Crippen LogP contribution in [0.5, 0.6) is 5.75 Å². The molecule has 126 valence electrons. The zero-order chi connectivity index (χ0) is 18.1. The molecule has 0 fully saturated rings. The van der Waals surface area contributed by atoms with Gasteiger partial charge in [-0.3, -0.25) is 14.8 Å². The molecule has 0 saturated heterocycles. The first kappa shape index (κ1) is 21.8. The summed E-state index contributed by atoms with van der Waals surface area (Å²) in [7, 11) is -4.34. The number of sulfonamides is 1. The van der Waals surface area contributed by atoms with Gasteiger partial charge < -0.3 is 10.2 Å². The molecule has 0 heterocycles. The Morgan fingerprint density at radius 3 is 2.40 bits per heavy atom. The van der Waals surface area contributed by atoms with Crippen LogP contribution >= 0.6 is 11.6 Å². The van der Waals surface area contributed by atoms with Crippen LogP contribution in [0, 0.1) is 10.1 Å². The van der Waals surface area contributed by atoms with Gasteiger partial charge in [-0.05, 0) is 18.2 Å². The molecule has 0 aliphatic carbocycles. The minimum atomic E-state index is -4.34. The Hall–Kier alpha value is -1.21. The third kappa shape index (κ3) is 5.14. The Balaban J connectivity index is 0.00000312. The van der Waals surface area contributed by atoms with Gasteiger partial charge in [-0.2, -0.15) is 0 Å². The number of hydrogen-bond acceptors (Lipinski definition) is 6. The summed E-state index contributed by atoms with van der Waals surface area (Å²) in [6.45, 7) is 0. The molecule has 0 aliphatic rings. The number of halogens is 1. The van der Waals surface area contributed by atoms with Gasteiger partial charge in [0.05, 0.1) is 15.5 Å². The molecule has 0 spiro atoms. The second-order valence-electron chi connectivity index (χ2n) is 4.49. The molecule has 0 unspecified atom stereocenters. The number of hydrogen-bond donors (Lipinski definition) is 2. The standard InChI is InChI=1S/C13H9ClN2O7S.K/c14-10-3-2-8(16(20)21)6-12(10)24(22,23)15-7-1-4-11(17)9(5-7)13(18)19;/h1-6,15,17H,(H,18,19);/q;+1/p-1. The van der Waals surface area contributed by atoms with Gasteiger partial charge in [-0.25, -0.2) is 13.2 Å². The van der Waals surface area contributed by atoms with Crippen LogP contribution in [0.25, 0.3) is 0 Å². The number of nitrogens with one attached hydrogen (secondary N) is 1. The smallest absolute Gasteiger partial charge is 0.872 e. The summed E-state index contributed by atoms with van der Waals surface area (Å²) in [5.74, 6) is -2.31. The molecule has 0 atom stereocenters. The molecule has 2 N–H and O–H groups in total. The van der Waals surface area contributed by atoms with Crippen LogP contribution in [0.1, 0.15) is 10.4 Å². The second-order valence-corrected chi connectivity index (χ2v) is 6.55. The number of carbonyl (C=O) groups is 1. The van der Waals surface area contributed by atoms with Gasteiger partial charge in [0.25, 0.3) is 15.7 Å². The molecule has 0 amide bonds. The van der Waals surface area contributed by atoms with Crippen LogP contribution in [0.15, 0.2) is 41.3 Å². The Kier molecular flexibility index (Phi) is 7.37. The molecule has 9 nitrogen and oxygen atoms in total. The van der Waals surface area contributed by atoms with Crippen molar-refractivity contribution in [2.24, 2.45) is 0 Å². The molecule has 2 aromatic rings. The maximum atomic E-state index is 12.3. The van der Waals surface area contributed by atoms with Crippen molar-refractivity contribution in [3.8, 4) is 5.75 Å². The normalized spacial score (nSPS) is 10.6. The summed E-state index contributed by atoms with van der Waals surface area (Å²) in [6.07, 6.45) is 0. The minimum absolute atomic E-state index is 0. The van der Waals surface area contributed by atoms with Crippen molar-refractivity contribution >= 4 is 39.0 Å². The molecule has 2 aromatic carbocycles. The SMILES string of the molecule is O=C(O)c1cc(NS(=O)(=O)c2cc([N+](=O)[O-])ccc2Cl)ccc1[O-].[K+]. The van der Waals surface area contributed by atoms with Crippen molar-refractivity contribution in [1.29, 1.82) is 0 Å². The third-order valence-electron chi connectivity index (χ3n) is 2.88. The number of anilines is 1. The second kappa shape index (κ2) is 8.45. The van der Waals surface area contributed by atoms with E-state index in [-0.39, 0.29) is 62.1 Å². The Labute approximate surface area is 189 Å². The third-order valence-corrected chi connectivity index (χ3v) is 4.74. The van der Waals surface area contributed by atoms with Crippen molar-refractivity contribution in [2.75, 3.05) is 4.72 Å². The average molecular weight is 411 g/mol. The van der Waals surface area contributed by atoms with Crippen LogP contribution in [0.2, 0.25) is 5.02 Å². The van der Waals surface area contributed by atoms with Gasteiger partial charge in [-0.15, -0.1) is 0 Å². The number of carboxylic acid groups (broad SMARTS) is 1. The summed E-state index contributed by atoms with van der Waals surface area (Å²) < 4.78 is 26.7. The molecule has 0 radical (unpaired) electrons. The molecule has 12 heteroatoms. The topological polar surface area (TPSA) is 150 Å². The van der Waals surface area contributed by atoms with Crippen LogP contribution < -0.4 is 61.2 Å². The van der Waals surface area contributed by atoms with E-state index in [1.54, 1.807) is 0 Å². The monoisotopic (exact) mass is 410 g/mol. The fourth-order valence-electron chi connectivity index (χ4n) is 1.78. The summed E-state index contributed by atoms with van der Waals surface area (Å²) >= 11 is 5.77. The average Bonchev–Trinajstić information content (AvgIpc) is 2.48. The van der Waals surface area contributed by atoms with E-state index in [1.807, 2.05) is 4.72 Å². The number of nitro groups is 1. The Bertz CT molecular complexity index is 949. The van der Waals surface area contributed by atoms with Crippen LogP contribution in [0.4, 0.5) is 11.4 Å². The maximum absolute atomic E-state index is 12.3. The molecule has 2 rings (SSSR count). The summed E-state index contributed by atoms with van der Waals surface area (Å²) in [6, 6.07) is 5.65. The van der Waals surface area contributed by atoms with E-state index >= 15 is 0 Å². The Morgan fingerprint density at radius 2 is 1.84 bits per heavy atom. The Morgan fingerprint density at radius 1 is 1.20 bits per heavy atom. The minimum Gasteiger partial charge on any atom is -0.872 e. The molecule has 0 aromatic heterocycles. The number of rotatable bonds is 5. The predicted molar refractivity (Wildman–Crippen MR) is 81.8 cm³/mol. The van der Waals surface area contributed by atoms with Crippen molar-refractivity contribution in [3.05, 3.63) is 57.1 Å². The number of carboxylic acids is 1. The van der Waals surface area contributed by atoms with E-state index in [4.69, 9.17) is 16.7 Å². The first-order chi connectivity index (χ1) is 11.1.